The van der Waals surface area contributed by atoms with Crippen LogP contribution in [-0.4, -0.2) is 60.2 Å². The van der Waals surface area contributed by atoms with Crippen LogP contribution in [0.15, 0.2) is 18.2 Å². The predicted octanol–water partition coefficient (Wildman–Crippen LogP) is 1.30. The first-order chi connectivity index (χ1) is 15.9. The Labute approximate surface area is 204 Å². The molecule has 1 fully saturated rings. The van der Waals surface area contributed by atoms with Gasteiger partial charge in [-0.2, -0.15) is 0 Å². The van der Waals surface area contributed by atoms with E-state index in [2.05, 4.69) is 10.6 Å². The van der Waals surface area contributed by atoms with Crippen molar-refractivity contribution in [1.29, 1.82) is 0 Å². The van der Waals surface area contributed by atoms with E-state index in [1.165, 1.54) is 18.2 Å². The third kappa shape index (κ3) is 6.77. The third-order valence-electron chi connectivity index (χ3n) is 5.73. The second-order valence-corrected chi connectivity index (χ2v) is 8.20. The van der Waals surface area contributed by atoms with Gasteiger partial charge in [-0.15, -0.1) is 12.4 Å². The lowest BCUT2D eigenvalue weighted by Crippen LogP contribution is -2.54. The molecule has 0 aromatic heterocycles. The largest absolute Gasteiger partial charge is 0.484 e. The molecule has 0 spiro atoms. The molecule has 1 atom stereocenters. The maximum atomic E-state index is 12.8. The van der Waals surface area contributed by atoms with Crippen molar-refractivity contribution in [2.75, 3.05) is 19.7 Å². The Bertz CT molecular complexity index is 938. The van der Waals surface area contributed by atoms with Crippen molar-refractivity contribution in [3.63, 3.8) is 0 Å². The van der Waals surface area contributed by atoms with Gasteiger partial charge in [0.05, 0.1) is 11.1 Å². The number of unbranched alkanes of at least 4 members (excludes halogenated alkanes) is 5. The average molecular weight is 495 g/mol. The zero-order chi connectivity index (χ0) is 23.8. The van der Waals surface area contributed by atoms with Gasteiger partial charge in [0.1, 0.15) is 11.8 Å². The van der Waals surface area contributed by atoms with Crippen LogP contribution in [0.4, 0.5) is 0 Å². The Hall–Kier alpha value is -2.98. The second-order valence-electron chi connectivity index (χ2n) is 8.20. The molecule has 10 nitrogen and oxygen atoms in total. The van der Waals surface area contributed by atoms with Gasteiger partial charge in [0.25, 0.3) is 17.7 Å². The summed E-state index contributed by atoms with van der Waals surface area (Å²) < 4.78 is 5.49. The highest BCUT2D eigenvalue weighted by Crippen LogP contribution is 2.30. The summed E-state index contributed by atoms with van der Waals surface area (Å²) in [5, 5.41) is 4.95. The van der Waals surface area contributed by atoms with E-state index in [4.69, 9.17) is 10.5 Å². The molecule has 0 radical (unpaired) electrons. The molecule has 2 heterocycles. The smallest absolute Gasteiger partial charge is 0.262 e. The summed E-state index contributed by atoms with van der Waals surface area (Å²) in [5.41, 5.74) is 5.73. The topological polar surface area (TPSA) is 148 Å². The molecule has 1 saturated heterocycles. The van der Waals surface area contributed by atoms with Crippen LogP contribution in [0.5, 0.6) is 5.75 Å². The lowest BCUT2D eigenvalue weighted by molar-refractivity contribution is -0.136. The van der Waals surface area contributed by atoms with E-state index in [1.54, 1.807) is 0 Å². The fourth-order valence-electron chi connectivity index (χ4n) is 3.94. The van der Waals surface area contributed by atoms with Gasteiger partial charge in [-0.3, -0.25) is 34.2 Å². The SMILES string of the molecule is Cl.NCCCCCCCCNC(=O)COc1ccc2c(c1)C(=O)N(C1CCC(=O)NC1=O)C2=O. The average Bonchev–Trinajstić information content (AvgIpc) is 3.04. The van der Waals surface area contributed by atoms with E-state index in [0.717, 1.165) is 50.0 Å². The predicted molar refractivity (Wildman–Crippen MR) is 126 cm³/mol. The number of carbonyl (C=O) groups excluding carboxylic acids is 5. The summed E-state index contributed by atoms with van der Waals surface area (Å²) in [4.78, 5) is 61.9. The quantitative estimate of drug-likeness (QED) is 0.293. The van der Waals surface area contributed by atoms with Gasteiger partial charge in [-0.25, -0.2) is 0 Å². The van der Waals surface area contributed by atoms with Gasteiger partial charge in [0.2, 0.25) is 11.8 Å². The summed E-state index contributed by atoms with van der Waals surface area (Å²) >= 11 is 0. The first kappa shape index (κ1) is 27.3. The van der Waals surface area contributed by atoms with Crippen LogP contribution in [0.1, 0.15) is 72.1 Å². The monoisotopic (exact) mass is 494 g/mol. The van der Waals surface area contributed by atoms with Gasteiger partial charge in [-0.1, -0.05) is 25.7 Å². The maximum Gasteiger partial charge on any atom is 0.262 e. The Balaban J connectivity index is 0.00000408. The highest BCUT2D eigenvalue weighted by molar-refractivity contribution is 6.23. The minimum atomic E-state index is -1.02. The van der Waals surface area contributed by atoms with Crippen molar-refractivity contribution in [2.45, 2.75) is 57.4 Å². The van der Waals surface area contributed by atoms with Crippen molar-refractivity contribution >= 4 is 41.9 Å². The van der Waals surface area contributed by atoms with Crippen LogP contribution in [0.25, 0.3) is 0 Å². The molecular formula is C23H31ClN4O6. The fourth-order valence-corrected chi connectivity index (χ4v) is 3.94. The number of ether oxygens (including phenoxy) is 1. The van der Waals surface area contributed by atoms with Gasteiger partial charge in [-0.05, 0) is 44.0 Å². The minimum Gasteiger partial charge on any atom is -0.484 e. The number of amides is 5. The van der Waals surface area contributed by atoms with Crippen molar-refractivity contribution < 1.29 is 28.7 Å². The number of nitrogens with zero attached hydrogens (tertiary/aromatic N) is 1. The Morgan fingerprint density at radius 1 is 1.03 bits per heavy atom. The normalized spacial score (nSPS) is 17.2. The molecule has 34 heavy (non-hydrogen) atoms. The molecule has 4 N–H and O–H groups in total. The Kier molecular flexibility index (Phi) is 10.5. The highest BCUT2D eigenvalue weighted by atomic mass is 35.5. The first-order valence-electron chi connectivity index (χ1n) is 11.4. The molecule has 2 aliphatic heterocycles. The number of hydrogen-bond donors (Lipinski definition) is 3. The lowest BCUT2D eigenvalue weighted by atomic mass is 10.0. The molecule has 5 amide bonds. The zero-order valence-corrected chi connectivity index (χ0v) is 19.8. The number of halogens is 1. The van der Waals surface area contributed by atoms with Gasteiger partial charge in [0.15, 0.2) is 6.61 Å². The molecule has 3 rings (SSSR count). The number of nitrogens with two attached hydrogens (primary N) is 1. The zero-order valence-electron chi connectivity index (χ0n) is 19.0. The van der Waals surface area contributed by atoms with Crippen molar-refractivity contribution in [2.24, 2.45) is 5.73 Å². The molecule has 0 aliphatic carbocycles. The number of imide groups is 2. The highest BCUT2D eigenvalue weighted by Gasteiger charge is 2.44. The Morgan fingerprint density at radius 2 is 1.71 bits per heavy atom. The second kappa shape index (κ2) is 13.0. The number of carbonyl (C=O) groups is 5. The van der Waals surface area contributed by atoms with Gasteiger partial charge in [0, 0.05) is 13.0 Å². The van der Waals surface area contributed by atoms with Gasteiger partial charge >= 0.3 is 0 Å². The van der Waals surface area contributed by atoms with Crippen LogP contribution in [0, 0.1) is 0 Å². The molecule has 2 aliphatic rings. The first-order valence-corrected chi connectivity index (χ1v) is 11.4. The van der Waals surface area contributed by atoms with E-state index in [1.807, 2.05) is 0 Å². The Morgan fingerprint density at radius 3 is 2.41 bits per heavy atom. The summed E-state index contributed by atoms with van der Waals surface area (Å²) in [6.07, 6.45) is 6.52. The van der Waals surface area contributed by atoms with Crippen molar-refractivity contribution in [3.05, 3.63) is 29.3 Å². The van der Waals surface area contributed by atoms with Crippen molar-refractivity contribution in [1.82, 2.24) is 15.5 Å². The summed E-state index contributed by atoms with van der Waals surface area (Å²) in [5.74, 6) is -2.29. The maximum absolute atomic E-state index is 12.8. The molecule has 1 aromatic carbocycles. The molecule has 0 bridgehead atoms. The summed E-state index contributed by atoms with van der Waals surface area (Å²) in [6.45, 7) is 1.08. The summed E-state index contributed by atoms with van der Waals surface area (Å²) in [7, 11) is 0. The number of hydrogen-bond acceptors (Lipinski definition) is 7. The number of nitrogens with one attached hydrogen (secondary N) is 2. The molecule has 11 heteroatoms. The van der Waals surface area contributed by atoms with Crippen LogP contribution in [-0.2, 0) is 14.4 Å². The minimum absolute atomic E-state index is 0. The van der Waals surface area contributed by atoms with Crippen molar-refractivity contribution in [3.8, 4) is 5.75 Å². The van der Waals surface area contributed by atoms with E-state index in [0.29, 0.717) is 6.54 Å². The molecule has 1 aromatic rings. The number of piperidine rings is 1. The number of benzene rings is 1. The molecule has 186 valence electrons. The van der Waals surface area contributed by atoms with Crippen LogP contribution in [0.2, 0.25) is 0 Å². The molecular weight excluding hydrogens is 464 g/mol. The van der Waals surface area contributed by atoms with E-state index < -0.39 is 29.7 Å². The standard InChI is InChI=1S/C23H30N4O6.ClH/c24-11-5-3-1-2-4-6-12-25-20(29)14-33-15-7-8-16-17(13-15)23(32)27(22(16)31)18-9-10-19(28)26-21(18)30;/h7-8,13,18H,1-6,9-12,14,24H2,(H,25,29)(H,26,28,30);1H. The lowest BCUT2D eigenvalue weighted by Gasteiger charge is -2.27. The van der Waals surface area contributed by atoms with Crippen LogP contribution in [0.3, 0.4) is 0 Å². The van der Waals surface area contributed by atoms with E-state index in [-0.39, 0.29) is 54.6 Å². The van der Waals surface area contributed by atoms with Crippen LogP contribution < -0.4 is 21.1 Å². The van der Waals surface area contributed by atoms with E-state index >= 15 is 0 Å². The number of rotatable bonds is 12. The number of fused-ring (bicyclic) bond motifs is 1. The van der Waals surface area contributed by atoms with Gasteiger partial charge < -0.3 is 15.8 Å². The van der Waals surface area contributed by atoms with E-state index in [9.17, 15) is 24.0 Å². The van der Waals surface area contributed by atoms with Crippen LogP contribution >= 0.6 is 12.4 Å². The molecule has 0 saturated carbocycles. The fraction of sp³-hybridized carbons (Fsp3) is 0.522. The summed E-state index contributed by atoms with van der Waals surface area (Å²) in [6, 6.07) is 3.33. The molecule has 1 unspecified atom stereocenters. The third-order valence-corrected chi connectivity index (χ3v) is 5.73.